The van der Waals surface area contributed by atoms with Gasteiger partial charge in [-0.1, -0.05) is 18.2 Å². The Balaban J connectivity index is 2.42. The second-order valence-corrected chi connectivity index (χ2v) is 6.17. The predicted octanol–water partition coefficient (Wildman–Crippen LogP) is 1.17. The van der Waals surface area contributed by atoms with Crippen LogP contribution in [0.3, 0.4) is 0 Å². The molecule has 1 atom stereocenters. The standard InChI is InChI=1S/C11H11F2NO4S/c12-11(13)6-9(10(15)16)14(7-11)19(17,18)8-4-2-1-3-5-8/h1-5,9H,6-7H2,(H,15,16). The van der Waals surface area contributed by atoms with Gasteiger partial charge in [0.25, 0.3) is 5.92 Å². The van der Waals surface area contributed by atoms with Crippen LogP contribution in [0.4, 0.5) is 8.78 Å². The van der Waals surface area contributed by atoms with E-state index in [1.807, 2.05) is 0 Å². The molecule has 8 heteroatoms. The fourth-order valence-corrected chi connectivity index (χ4v) is 3.61. The number of rotatable bonds is 3. The van der Waals surface area contributed by atoms with Gasteiger partial charge in [-0.15, -0.1) is 0 Å². The summed E-state index contributed by atoms with van der Waals surface area (Å²) in [7, 11) is -4.23. The van der Waals surface area contributed by atoms with Crippen molar-refractivity contribution < 1.29 is 27.1 Å². The Hall–Kier alpha value is -1.54. The molecule has 1 fully saturated rings. The van der Waals surface area contributed by atoms with E-state index in [0.717, 1.165) is 0 Å². The van der Waals surface area contributed by atoms with Crippen LogP contribution in [-0.2, 0) is 14.8 Å². The minimum absolute atomic E-state index is 0.195. The molecule has 0 spiro atoms. The van der Waals surface area contributed by atoms with Crippen LogP contribution in [0.5, 0.6) is 0 Å². The maximum Gasteiger partial charge on any atom is 0.322 e. The number of carbonyl (C=O) groups is 1. The average Bonchev–Trinajstić information content (AvgIpc) is 2.67. The molecular weight excluding hydrogens is 280 g/mol. The van der Waals surface area contributed by atoms with Gasteiger partial charge in [0.05, 0.1) is 11.4 Å². The third kappa shape index (κ3) is 2.59. The van der Waals surface area contributed by atoms with Gasteiger partial charge in [0.15, 0.2) is 0 Å². The topological polar surface area (TPSA) is 74.7 Å². The van der Waals surface area contributed by atoms with E-state index in [1.165, 1.54) is 24.3 Å². The molecule has 5 nitrogen and oxygen atoms in total. The van der Waals surface area contributed by atoms with E-state index in [1.54, 1.807) is 6.07 Å². The molecule has 19 heavy (non-hydrogen) atoms. The zero-order valence-corrected chi connectivity index (χ0v) is 10.5. The minimum atomic E-state index is -4.23. The van der Waals surface area contributed by atoms with Crippen LogP contribution in [-0.4, -0.2) is 42.3 Å². The number of carboxylic acids is 1. The molecule has 0 saturated carbocycles. The van der Waals surface area contributed by atoms with E-state index in [2.05, 4.69) is 0 Å². The van der Waals surface area contributed by atoms with Crippen molar-refractivity contribution in [2.45, 2.75) is 23.3 Å². The maximum atomic E-state index is 13.3. The van der Waals surface area contributed by atoms with E-state index in [0.29, 0.717) is 4.31 Å². The summed E-state index contributed by atoms with van der Waals surface area (Å²) in [5, 5.41) is 8.89. The van der Waals surface area contributed by atoms with Gasteiger partial charge in [0.2, 0.25) is 10.0 Å². The van der Waals surface area contributed by atoms with Gasteiger partial charge < -0.3 is 5.11 Å². The van der Waals surface area contributed by atoms with Crippen LogP contribution in [0, 0.1) is 0 Å². The van der Waals surface area contributed by atoms with Crippen molar-refractivity contribution in [1.29, 1.82) is 0 Å². The normalized spacial score (nSPS) is 23.4. The summed E-state index contributed by atoms with van der Waals surface area (Å²) in [6.45, 7) is -1.11. The molecule has 0 aromatic heterocycles. The molecule has 1 aromatic carbocycles. The Kier molecular flexibility index (Phi) is 3.31. The third-order valence-electron chi connectivity index (χ3n) is 2.86. The van der Waals surface area contributed by atoms with Crippen molar-refractivity contribution in [2.75, 3.05) is 6.54 Å². The molecule has 1 heterocycles. The second kappa shape index (κ2) is 4.53. The van der Waals surface area contributed by atoms with Gasteiger partial charge in [-0.2, -0.15) is 4.31 Å². The van der Waals surface area contributed by atoms with E-state index >= 15 is 0 Å². The molecule has 104 valence electrons. The van der Waals surface area contributed by atoms with Crippen LogP contribution in [0.1, 0.15) is 6.42 Å². The molecular formula is C11H11F2NO4S. The number of sulfonamides is 1. The zero-order chi connectivity index (χ0) is 14.3. The number of nitrogens with zero attached hydrogens (tertiary/aromatic N) is 1. The number of benzene rings is 1. The van der Waals surface area contributed by atoms with Crippen molar-refractivity contribution >= 4 is 16.0 Å². The molecule has 1 unspecified atom stereocenters. The SMILES string of the molecule is O=C(O)C1CC(F)(F)CN1S(=O)(=O)c1ccccc1. The summed E-state index contributed by atoms with van der Waals surface area (Å²) >= 11 is 0. The van der Waals surface area contributed by atoms with Gasteiger partial charge in [-0.3, -0.25) is 4.79 Å². The lowest BCUT2D eigenvalue weighted by molar-refractivity contribution is -0.141. The molecule has 1 N–H and O–H groups in total. The molecule has 1 aromatic rings. The fraction of sp³-hybridized carbons (Fsp3) is 0.364. The molecule has 2 rings (SSSR count). The second-order valence-electron chi connectivity index (χ2n) is 4.28. The molecule has 1 saturated heterocycles. The summed E-state index contributed by atoms with van der Waals surface area (Å²) in [4.78, 5) is 10.7. The van der Waals surface area contributed by atoms with Crippen molar-refractivity contribution in [3.8, 4) is 0 Å². The third-order valence-corrected chi connectivity index (χ3v) is 4.73. The van der Waals surface area contributed by atoms with Crippen molar-refractivity contribution in [3.05, 3.63) is 30.3 Å². The number of hydrogen-bond donors (Lipinski definition) is 1. The first kappa shape index (κ1) is 13.9. The Morgan fingerprint density at radius 2 is 1.89 bits per heavy atom. The lowest BCUT2D eigenvalue weighted by Crippen LogP contribution is -2.40. The quantitative estimate of drug-likeness (QED) is 0.907. The molecule has 0 aliphatic carbocycles. The van der Waals surface area contributed by atoms with Crippen molar-refractivity contribution in [2.24, 2.45) is 0 Å². The summed E-state index contributed by atoms with van der Waals surface area (Å²) in [6.07, 6.45) is -1.01. The molecule has 0 bridgehead atoms. The van der Waals surface area contributed by atoms with Gasteiger partial charge in [0, 0.05) is 6.42 Å². The molecule has 1 aliphatic rings. The van der Waals surface area contributed by atoms with E-state index < -0.39 is 40.9 Å². The monoisotopic (exact) mass is 291 g/mol. The Bertz CT molecular complexity index is 588. The first-order chi connectivity index (χ1) is 8.74. The van der Waals surface area contributed by atoms with Crippen molar-refractivity contribution in [1.82, 2.24) is 4.31 Å². The lowest BCUT2D eigenvalue weighted by atomic mass is 10.2. The van der Waals surface area contributed by atoms with Crippen LogP contribution in [0.15, 0.2) is 35.2 Å². The van der Waals surface area contributed by atoms with Gasteiger partial charge >= 0.3 is 5.97 Å². The van der Waals surface area contributed by atoms with E-state index in [4.69, 9.17) is 5.11 Å². The highest BCUT2D eigenvalue weighted by Gasteiger charge is 2.53. The fourth-order valence-electron chi connectivity index (χ4n) is 1.98. The summed E-state index contributed by atoms with van der Waals surface area (Å²) in [5.74, 6) is -4.90. The lowest BCUT2D eigenvalue weighted by Gasteiger charge is -2.20. The molecule has 0 radical (unpaired) electrons. The number of hydrogen-bond acceptors (Lipinski definition) is 3. The average molecular weight is 291 g/mol. The van der Waals surface area contributed by atoms with Crippen LogP contribution in [0.25, 0.3) is 0 Å². The predicted molar refractivity (Wildman–Crippen MR) is 61.3 cm³/mol. The number of aliphatic carboxylic acids is 1. The van der Waals surface area contributed by atoms with Crippen molar-refractivity contribution in [3.63, 3.8) is 0 Å². The highest BCUT2D eigenvalue weighted by molar-refractivity contribution is 7.89. The van der Waals surface area contributed by atoms with Crippen LogP contribution >= 0.6 is 0 Å². The Morgan fingerprint density at radius 1 is 1.32 bits per heavy atom. The summed E-state index contributed by atoms with van der Waals surface area (Å²) in [6, 6.07) is 5.20. The van der Waals surface area contributed by atoms with Gasteiger partial charge in [0.1, 0.15) is 6.04 Å². The number of halogens is 2. The molecule has 0 amide bonds. The van der Waals surface area contributed by atoms with Crippen LogP contribution in [0.2, 0.25) is 0 Å². The number of carboxylic acid groups (broad SMARTS) is 1. The molecule has 1 aliphatic heterocycles. The van der Waals surface area contributed by atoms with E-state index in [9.17, 15) is 22.0 Å². The summed E-state index contributed by atoms with van der Waals surface area (Å²) in [5.41, 5.74) is 0. The van der Waals surface area contributed by atoms with E-state index in [-0.39, 0.29) is 4.90 Å². The Morgan fingerprint density at radius 3 is 2.42 bits per heavy atom. The van der Waals surface area contributed by atoms with Gasteiger partial charge in [-0.25, -0.2) is 17.2 Å². The summed E-state index contributed by atoms with van der Waals surface area (Å²) < 4.78 is 51.2. The first-order valence-corrected chi connectivity index (χ1v) is 6.85. The van der Waals surface area contributed by atoms with Crippen LogP contribution < -0.4 is 0 Å². The largest absolute Gasteiger partial charge is 0.480 e. The smallest absolute Gasteiger partial charge is 0.322 e. The maximum absolute atomic E-state index is 13.3. The minimum Gasteiger partial charge on any atom is -0.480 e. The van der Waals surface area contributed by atoms with Gasteiger partial charge in [-0.05, 0) is 12.1 Å². The Labute approximate surface area is 108 Å². The highest BCUT2D eigenvalue weighted by Crippen LogP contribution is 2.35. The number of alkyl halides is 2. The highest BCUT2D eigenvalue weighted by atomic mass is 32.2. The zero-order valence-electron chi connectivity index (χ0n) is 9.66. The first-order valence-electron chi connectivity index (χ1n) is 5.41.